The molecule has 0 bridgehead atoms. The van der Waals surface area contributed by atoms with Crippen LogP contribution in [0.2, 0.25) is 0 Å². The Balaban J connectivity index is 2.07. The highest BCUT2D eigenvalue weighted by Crippen LogP contribution is 2.36. The number of anilines is 1. The van der Waals surface area contributed by atoms with Crippen LogP contribution in [0.3, 0.4) is 0 Å². The largest absolute Gasteiger partial charge is 0.497 e. The first kappa shape index (κ1) is 18.2. The van der Waals surface area contributed by atoms with Gasteiger partial charge in [-0.2, -0.15) is 0 Å². The number of fused-ring (bicyclic) bond motifs is 1. The topological polar surface area (TPSA) is 67.8 Å². The quantitative estimate of drug-likeness (QED) is 0.790. The van der Waals surface area contributed by atoms with E-state index in [0.29, 0.717) is 24.6 Å². The molecule has 0 N–H and O–H groups in total. The molecule has 1 amide bonds. The Morgan fingerprint density at radius 1 is 1.23 bits per heavy atom. The van der Waals surface area contributed by atoms with Crippen LogP contribution in [0.25, 0.3) is 10.9 Å². The summed E-state index contributed by atoms with van der Waals surface area (Å²) in [5, 5.41) is 0.836. The molecule has 26 heavy (non-hydrogen) atoms. The molecule has 140 valence electrons. The van der Waals surface area contributed by atoms with Crippen molar-refractivity contribution in [2.45, 2.75) is 32.7 Å². The Labute approximate surface area is 153 Å². The van der Waals surface area contributed by atoms with Crippen LogP contribution >= 0.6 is 0 Å². The zero-order chi connectivity index (χ0) is 18.7. The van der Waals surface area contributed by atoms with Crippen LogP contribution in [-0.4, -0.2) is 60.7 Å². The molecule has 3 rings (SSSR count). The van der Waals surface area contributed by atoms with Gasteiger partial charge in [0.1, 0.15) is 35.2 Å². The van der Waals surface area contributed by atoms with E-state index in [0.717, 1.165) is 36.1 Å². The third-order valence-corrected chi connectivity index (χ3v) is 5.00. The third-order valence-electron chi connectivity index (χ3n) is 5.00. The highest BCUT2D eigenvalue weighted by molar-refractivity contribution is 5.96. The van der Waals surface area contributed by atoms with Gasteiger partial charge < -0.3 is 19.3 Å². The number of carbonyl (C=O) groups is 1. The minimum absolute atomic E-state index is 0.161. The molecule has 2 heterocycles. The van der Waals surface area contributed by atoms with E-state index in [1.165, 1.54) is 6.33 Å². The second-order valence-corrected chi connectivity index (χ2v) is 6.29. The molecule has 0 aliphatic carbocycles. The average molecular weight is 358 g/mol. The van der Waals surface area contributed by atoms with Gasteiger partial charge in [-0.1, -0.05) is 0 Å². The number of amides is 1. The van der Waals surface area contributed by atoms with Crippen molar-refractivity contribution in [1.29, 1.82) is 0 Å². The summed E-state index contributed by atoms with van der Waals surface area (Å²) in [6.45, 7) is 6.24. The van der Waals surface area contributed by atoms with Gasteiger partial charge in [-0.25, -0.2) is 9.97 Å². The Morgan fingerprint density at radius 2 is 2.00 bits per heavy atom. The number of benzene rings is 1. The first-order chi connectivity index (χ1) is 12.6. The molecule has 1 aliphatic heterocycles. The molecular weight excluding hydrogens is 332 g/mol. The van der Waals surface area contributed by atoms with Crippen molar-refractivity contribution >= 4 is 22.6 Å². The number of ether oxygens (including phenoxy) is 2. The summed E-state index contributed by atoms with van der Waals surface area (Å²) in [6.07, 6.45) is 3.33. The summed E-state index contributed by atoms with van der Waals surface area (Å²) in [6, 6.07) is 3.52. The standard InChI is InChI=1S/C19H26N4O3/c1-5-22(6-2)19(24)15-8-7-9-23(15)18-14-10-13(25-3)11-16(26-4)17(14)20-12-21-18/h10-12,15H,5-9H2,1-4H3. The van der Waals surface area contributed by atoms with Crippen LogP contribution in [0.5, 0.6) is 11.5 Å². The van der Waals surface area contributed by atoms with Crippen molar-refractivity contribution in [1.82, 2.24) is 14.9 Å². The second-order valence-electron chi connectivity index (χ2n) is 6.29. The first-order valence-corrected chi connectivity index (χ1v) is 9.06. The van der Waals surface area contributed by atoms with Gasteiger partial charge in [-0.15, -0.1) is 0 Å². The van der Waals surface area contributed by atoms with Crippen molar-refractivity contribution in [3.8, 4) is 11.5 Å². The Bertz CT molecular complexity index is 792. The molecule has 7 nitrogen and oxygen atoms in total. The van der Waals surface area contributed by atoms with E-state index in [1.54, 1.807) is 14.2 Å². The SMILES string of the molecule is CCN(CC)C(=O)C1CCCN1c1ncnc2c(OC)cc(OC)cc12. The second kappa shape index (κ2) is 7.76. The molecule has 1 aromatic carbocycles. The summed E-state index contributed by atoms with van der Waals surface area (Å²) in [5.41, 5.74) is 0.722. The maximum absolute atomic E-state index is 13.0. The molecule has 2 aromatic rings. The lowest BCUT2D eigenvalue weighted by Crippen LogP contribution is -2.46. The number of rotatable bonds is 6. The fourth-order valence-corrected chi connectivity index (χ4v) is 3.62. The van der Waals surface area contributed by atoms with Crippen molar-refractivity contribution in [2.24, 2.45) is 0 Å². The monoisotopic (exact) mass is 358 g/mol. The summed E-state index contributed by atoms with van der Waals surface area (Å²) in [4.78, 5) is 25.8. The Hall–Kier alpha value is -2.57. The molecular formula is C19H26N4O3. The van der Waals surface area contributed by atoms with Crippen LogP contribution in [0.15, 0.2) is 18.5 Å². The Morgan fingerprint density at radius 3 is 2.65 bits per heavy atom. The summed E-state index contributed by atoms with van der Waals surface area (Å²) in [5.74, 6) is 2.23. The van der Waals surface area contributed by atoms with E-state index in [-0.39, 0.29) is 11.9 Å². The molecule has 1 fully saturated rings. The highest BCUT2D eigenvalue weighted by Gasteiger charge is 2.34. The molecule has 7 heteroatoms. The maximum atomic E-state index is 13.0. The first-order valence-electron chi connectivity index (χ1n) is 9.06. The van der Waals surface area contributed by atoms with Crippen molar-refractivity contribution in [3.63, 3.8) is 0 Å². The van der Waals surface area contributed by atoms with Gasteiger partial charge >= 0.3 is 0 Å². The lowest BCUT2D eigenvalue weighted by Gasteiger charge is -2.30. The number of likely N-dealkylation sites (N-methyl/N-ethyl adjacent to an activating group) is 1. The van der Waals surface area contributed by atoms with E-state index in [1.807, 2.05) is 30.9 Å². The normalized spacial score (nSPS) is 16.8. The summed E-state index contributed by atoms with van der Waals surface area (Å²) in [7, 11) is 3.23. The van der Waals surface area contributed by atoms with Gasteiger partial charge in [0.05, 0.1) is 19.6 Å². The summed E-state index contributed by atoms with van der Waals surface area (Å²) < 4.78 is 10.9. The van der Waals surface area contributed by atoms with Crippen LogP contribution in [0.4, 0.5) is 5.82 Å². The molecule has 1 unspecified atom stereocenters. The molecule has 1 aliphatic rings. The molecule has 0 radical (unpaired) electrons. The molecule has 0 saturated carbocycles. The van der Waals surface area contributed by atoms with Gasteiger partial charge in [0.15, 0.2) is 0 Å². The summed E-state index contributed by atoms with van der Waals surface area (Å²) >= 11 is 0. The molecule has 1 aromatic heterocycles. The predicted molar refractivity (Wildman–Crippen MR) is 101 cm³/mol. The zero-order valence-corrected chi connectivity index (χ0v) is 15.9. The minimum atomic E-state index is -0.190. The smallest absolute Gasteiger partial charge is 0.245 e. The number of hydrogen-bond donors (Lipinski definition) is 0. The van der Waals surface area contributed by atoms with Crippen molar-refractivity contribution in [3.05, 3.63) is 18.5 Å². The lowest BCUT2D eigenvalue weighted by molar-refractivity contribution is -0.132. The van der Waals surface area contributed by atoms with Gasteiger partial charge in [0.25, 0.3) is 0 Å². The van der Waals surface area contributed by atoms with E-state index < -0.39 is 0 Å². The van der Waals surface area contributed by atoms with E-state index in [4.69, 9.17) is 9.47 Å². The van der Waals surface area contributed by atoms with Gasteiger partial charge in [0.2, 0.25) is 5.91 Å². The number of methoxy groups -OCH3 is 2. The number of hydrogen-bond acceptors (Lipinski definition) is 6. The van der Waals surface area contributed by atoms with E-state index >= 15 is 0 Å². The van der Waals surface area contributed by atoms with Crippen molar-refractivity contribution < 1.29 is 14.3 Å². The average Bonchev–Trinajstić information content (AvgIpc) is 3.16. The van der Waals surface area contributed by atoms with Crippen LogP contribution in [0, 0.1) is 0 Å². The minimum Gasteiger partial charge on any atom is -0.497 e. The molecule has 1 saturated heterocycles. The lowest BCUT2D eigenvalue weighted by atomic mass is 10.1. The van der Waals surface area contributed by atoms with Gasteiger partial charge in [-0.3, -0.25) is 4.79 Å². The van der Waals surface area contributed by atoms with E-state index in [2.05, 4.69) is 14.9 Å². The highest BCUT2D eigenvalue weighted by atomic mass is 16.5. The number of aromatic nitrogens is 2. The van der Waals surface area contributed by atoms with E-state index in [9.17, 15) is 4.79 Å². The fraction of sp³-hybridized carbons (Fsp3) is 0.526. The third kappa shape index (κ3) is 3.13. The van der Waals surface area contributed by atoms with Crippen LogP contribution in [0.1, 0.15) is 26.7 Å². The van der Waals surface area contributed by atoms with Crippen LogP contribution in [-0.2, 0) is 4.79 Å². The molecule has 0 spiro atoms. The van der Waals surface area contributed by atoms with Gasteiger partial charge in [0, 0.05) is 25.7 Å². The molecule has 1 atom stereocenters. The predicted octanol–water partition coefficient (Wildman–Crippen LogP) is 2.48. The maximum Gasteiger partial charge on any atom is 0.245 e. The number of nitrogens with zero attached hydrogens (tertiary/aromatic N) is 4. The fourth-order valence-electron chi connectivity index (χ4n) is 3.62. The zero-order valence-electron chi connectivity index (χ0n) is 15.9. The van der Waals surface area contributed by atoms with Crippen LogP contribution < -0.4 is 14.4 Å². The Kier molecular flexibility index (Phi) is 5.44. The number of carbonyl (C=O) groups excluding carboxylic acids is 1. The van der Waals surface area contributed by atoms with Crippen molar-refractivity contribution in [2.75, 3.05) is 38.8 Å². The van der Waals surface area contributed by atoms with Gasteiger partial charge in [-0.05, 0) is 32.8 Å².